The van der Waals surface area contributed by atoms with Gasteiger partial charge < -0.3 is 15.0 Å². The van der Waals surface area contributed by atoms with Crippen molar-refractivity contribution in [3.8, 4) is 5.69 Å². The number of fused-ring (bicyclic) bond motifs is 1. The van der Waals surface area contributed by atoms with Crippen molar-refractivity contribution in [2.75, 3.05) is 16.8 Å². The van der Waals surface area contributed by atoms with Crippen molar-refractivity contribution in [3.63, 3.8) is 0 Å². The molecule has 0 spiro atoms. The van der Waals surface area contributed by atoms with Gasteiger partial charge >= 0.3 is 5.97 Å². The monoisotopic (exact) mass is 405 g/mol. The van der Waals surface area contributed by atoms with Crippen molar-refractivity contribution in [3.05, 3.63) is 66.7 Å². The quantitative estimate of drug-likeness (QED) is 0.667. The van der Waals surface area contributed by atoms with E-state index in [2.05, 4.69) is 15.4 Å². The fraction of sp³-hybridized carbons (Fsp3) is 0.190. The molecular formula is C21H19N5O4. The van der Waals surface area contributed by atoms with Crippen LogP contribution in [0.3, 0.4) is 0 Å². The van der Waals surface area contributed by atoms with E-state index >= 15 is 0 Å². The molecule has 1 atom stereocenters. The van der Waals surface area contributed by atoms with Crippen molar-refractivity contribution in [2.45, 2.75) is 19.4 Å². The first-order valence-electron chi connectivity index (χ1n) is 9.36. The first-order valence-corrected chi connectivity index (χ1v) is 9.36. The standard InChI is InChI=1S/C21H19N5O4/c1-14-10-19(27)24-17-4-2-3-5-18(17)26(14)20(28)11-30-21(29)15-6-8-16(9-7-15)25-13-22-12-23-25/h2-9,12-14H,10-11H2,1H3,(H,24,27)/t14-/m0/s1. The maximum atomic E-state index is 12.9. The number of amides is 2. The predicted octanol–water partition coefficient (Wildman–Crippen LogP) is 2.19. The maximum absolute atomic E-state index is 12.9. The van der Waals surface area contributed by atoms with Crippen LogP contribution in [0.4, 0.5) is 11.4 Å². The lowest BCUT2D eigenvalue weighted by Crippen LogP contribution is -2.41. The van der Waals surface area contributed by atoms with Gasteiger partial charge in [0, 0.05) is 12.5 Å². The second kappa shape index (κ2) is 8.16. The maximum Gasteiger partial charge on any atom is 0.338 e. The van der Waals surface area contributed by atoms with E-state index < -0.39 is 18.5 Å². The Morgan fingerprint density at radius 3 is 2.67 bits per heavy atom. The molecule has 0 bridgehead atoms. The van der Waals surface area contributed by atoms with E-state index in [0.717, 1.165) is 5.69 Å². The molecule has 9 nitrogen and oxygen atoms in total. The molecule has 2 amide bonds. The minimum absolute atomic E-state index is 0.151. The number of hydrogen-bond acceptors (Lipinski definition) is 6. The third-order valence-corrected chi connectivity index (χ3v) is 4.74. The Morgan fingerprint density at radius 2 is 1.93 bits per heavy atom. The Kier molecular flexibility index (Phi) is 5.25. The first-order chi connectivity index (χ1) is 14.5. The second-order valence-electron chi connectivity index (χ2n) is 6.85. The number of para-hydroxylation sites is 2. The summed E-state index contributed by atoms with van der Waals surface area (Å²) in [5.74, 6) is -1.19. The zero-order chi connectivity index (χ0) is 21.1. The van der Waals surface area contributed by atoms with E-state index in [1.54, 1.807) is 66.5 Å². The number of nitrogens with zero attached hydrogens (tertiary/aromatic N) is 4. The van der Waals surface area contributed by atoms with Crippen LogP contribution >= 0.6 is 0 Å². The Labute approximate surface area is 172 Å². The van der Waals surface area contributed by atoms with Crippen molar-refractivity contribution >= 4 is 29.2 Å². The molecule has 3 aromatic rings. The summed E-state index contributed by atoms with van der Waals surface area (Å²) >= 11 is 0. The molecular weight excluding hydrogens is 386 g/mol. The molecule has 0 saturated carbocycles. The average Bonchev–Trinajstić information content (AvgIpc) is 3.24. The molecule has 1 aliphatic heterocycles. The summed E-state index contributed by atoms with van der Waals surface area (Å²) in [5.41, 5.74) is 2.18. The number of anilines is 2. The molecule has 152 valence electrons. The van der Waals surface area contributed by atoms with Gasteiger partial charge in [0.05, 0.1) is 22.6 Å². The smallest absolute Gasteiger partial charge is 0.338 e. The molecule has 4 rings (SSSR count). The fourth-order valence-electron chi connectivity index (χ4n) is 3.34. The number of ether oxygens (including phenoxy) is 1. The van der Waals surface area contributed by atoms with Crippen LogP contribution in [-0.2, 0) is 14.3 Å². The largest absolute Gasteiger partial charge is 0.452 e. The van der Waals surface area contributed by atoms with Gasteiger partial charge in [-0.05, 0) is 43.3 Å². The number of benzene rings is 2. The molecule has 0 saturated heterocycles. The summed E-state index contributed by atoms with van der Waals surface area (Å²) in [6, 6.07) is 13.3. The molecule has 30 heavy (non-hydrogen) atoms. The van der Waals surface area contributed by atoms with Gasteiger partial charge in [-0.15, -0.1) is 0 Å². The van der Waals surface area contributed by atoms with Crippen molar-refractivity contribution in [2.24, 2.45) is 0 Å². The van der Waals surface area contributed by atoms with E-state index in [1.165, 1.54) is 11.2 Å². The van der Waals surface area contributed by atoms with Crippen LogP contribution in [0.2, 0.25) is 0 Å². The Hall–Kier alpha value is -4.01. The lowest BCUT2D eigenvalue weighted by Gasteiger charge is -2.27. The third kappa shape index (κ3) is 3.90. The van der Waals surface area contributed by atoms with Crippen molar-refractivity contribution < 1.29 is 19.1 Å². The Morgan fingerprint density at radius 1 is 1.17 bits per heavy atom. The summed E-state index contributed by atoms with van der Waals surface area (Å²) in [7, 11) is 0. The highest BCUT2D eigenvalue weighted by molar-refractivity contribution is 6.05. The predicted molar refractivity (Wildman–Crippen MR) is 108 cm³/mol. The molecule has 9 heteroatoms. The van der Waals surface area contributed by atoms with Crippen LogP contribution < -0.4 is 10.2 Å². The van der Waals surface area contributed by atoms with Gasteiger partial charge in [-0.3, -0.25) is 9.59 Å². The van der Waals surface area contributed by atoms with E-state index in [1.807, 2.05) is 0 Å². The van der Waals surface area contributed by atoms with Gasteiger partial charge in [0.25, 0.3) is 5.91 Å². The minimum Gasteiger partial charge on any atom is -0.452 e. The van der Waals surface area contributed by atoms with E-state index in [4.69, 9.17) is 4.74 Å². The number of carbonyl (C=O) groups excluding carboxylic acids is 3. The van der Waals surface area contributed by atoms with E-state index in [9.17, 15) is 14.4 Å². The van der Waals surface area contributed by atoms with Gasteiger partial charge in [0.2, 0.25) is 5.91 Å². The third-order valence-electron chi connectivity index (χ3n) is 4.74. The van der Waals surface area contributed by atoms with Gasteiger partial charge in [-0.2, -0.15) is 5.10 Å². The number of carbonyl (C=O) groups is 3. The average molecular weight is 405 g/mol. The summed E-state index contributed by atoms with van der Waals surface area (Å²) < 4.78 is 6.80. The van der Waals surface area contributed by atoms with Gasteiger partial charge in [0.15, 0.2) is 6.61 Å². The second-order valence-corrected chi connectivity index (χ2v) is 6.85. The van der Waals surface area contributed by atoms with Gasteiger partial charge in [-0.25, -0.2) is 14.5 Å². The SMILES string of the molecule is C[C@H]1CC(=O)Nc2ccccc2N1C(=O)COC(=O)c1ccc(-n2cncn2)cc1. The molecule has 1 aromatic heterocycles. The summed E-state index contributed by atoms with van der Waals surface area (Å²) in [6.07, 6.45) is 3.11. The van der Waals surface area contributed by atoms with Crippen LogP contribution in [0.5, 0.6) is 0 Å². The molecule has 0 aliphatic carbocycles. The minimum atomic E-state index is -0.613. The van der Waals surface area contributed by atoms with Gasteiger partial charge in [-0.1, -0.05) is 12.1 Å². The molecule has 1 N–H and O–H groups in total. The molecule has 1 aliphatic rings. The Balaban J connectivity index is 1.45. The fourth-order valence-corrected chi connectivity index (χ4v) is 3.34. The van der Waals surface area contributed by atoms with Crippen LogP contribution in [0.1, 0.15) is 23.7 Å². The summed E-state index contributed by atoms with van der Waals surface area (Å²) in [4.78, 5) is 42.7. The van der Waals surface area contributed by atoms with Crippen LogP contribution in [0.15, 0.2) is 61.2 Å². The van der Waals surface area contributed by atoms with Crippen molar-refractivity contribution in [1.82, 2.24) is 14.8 Å². The lowest BCUT2D eigenvalue weighted by molar-refractivity contribution is -0.122. The highest BCUT2D eigenvalue weighted by atomic mass is 16.5. The van der Waals surface area contributed by atoms with Crippen LogP contribution in [-0.4, -0.2) is 45.2 Å². The first kappa shape index (κ1) is 19.3. The zero-order valence-corrected chi connectivity index (χ0v) is 16.2. The number of hydrogen-bond donors (Lipinski definition) is 1. The lowest BCUT2D eigenvalue weighted by atomic mass is 10.1. The number of nitrogens with one attached hydrogen (secondary N) is 1. The highest BCUT2D eigenvalue weighted by Crippen LogP contribution is 2.31. The Bertz CT molecular complexity index is 1080. The summed E-state index contributed by atoms with van der Waals surface area (Å²) in [5, 5.41) is 6.81. The molecule has 0 unspecified atom stereocenters. The highest BCUT2D eigenvalue weighted by Gasteiger charge is 2.30. The van der Waals surface area contributed by atoms with E-state index in [0.29, 0.717) is 16.9 Å². The normalized spacial score (nSPS) is 15.7. The molecule has 0 radical (unpaired) electrons. The molecule has 2 heterocycles. The number of aromatic nitrogens is 3. The van der Waals surface area contributed by atoms with E-state index in [-0.39, 0.29) is 18.4 Å². The van der Waals surface area contributed by atoms with Gasteiger partial charge in [0.1, 0.15) is 12.7 Å². The number of rotatable bonds is 4. The number of esters is 1. The van der Waals surface area contributed by atoms with Crippen molar-refractivity contribution in [1.29, 1.82) is 0 Å². The zero-order valence-electron chi connectivity index (χ0n) is 16.2. The van der Waals surface area contributed by atoms with Crippen LogP contribution in [0, 0.1) is 0 Å². The summed E-state index contributed by atoms with van der Waals surface area (Å²) in [6.45, 7) is 1.35. The topological polar surface area (TPSA) is 106 Å². The van der Waals surface area contributed by atoms with Crippen LogP contribution in [0.25, 0.3) is 5.69 Å². The molecule has 0 fully saturated rings. The molecule has 2 aromatic carbocycles.